The minimum atomic E-state index is 0.00374. The highest BCUT2D eigenvalue weighted by molar-refractivity contribution is 5.92. The van der Waals surface area contributed by atoms with E-state index in [1.54, 1.807) is 0 Å². The molecule has 6 rings (SSSR count). The molecular formula is C26H36N2O2. The van der Waals surface area contributed by atoms with Crippen molar-refractivity contribution >= 4 is 17.5 Å². The summed E-state index contributed by atoms with van der Waals surface area (Å²) in [6.07, 6.45) is 10.0. The number of nitrogens with zero attached hydrogens (tertiary/aromatic N) is 1. The Hall–Kier alpha value is -1.84. The second kappa shape index (κ2) is 7.69. The zero-order chi connectivity index (χ0) is 20.9. The minimum absolute atomic E-state index is 0.00374. The van der Waals surface area contributed by atoms with Crippen LogP contribution in [0.4, 0.5) is 5.69 Å². The number of carbonyl (C=O) groups excluding carboxylic acids is 2. The summed E-state index contributed by atoms with van der Waals surface area (Å²) >= 11 is 0. The quantitative estimate of drug-likeness (QED) is 0.763. The van der Waals surface area contributed by atoms with Crippen LogP contribution in [0.1, 0.15) is 70.8 Å². The molecule has 0 unspecified atom stereocenters. The molecule has 0 aromatic heterocycles. The first kappa shape index (κ1) is 20.1. The average Bonchev–Trinajstić information content (AvgIpc) is 2.72. The van der Waals surface area contributed by atoms with Crippen molar-refractivity contribution in [1.82, 2.24) is 4.90 Å². The summed E-state index contributed by atoms with van der Waals surface area (Å²) < 4.78 is 0. The highest BCUT2D eigenvalue weighted by Crippen LogP contribution is 2.60. The molecule has 1 N–H and O–H groups in total. The topological polar surface area (TPSA) is 49.4 Å². The molecule has 30 heavy (non-hydrogen) atoms. The van der Waals surface area contributed by atoms with Gasteiger partial charge in [0.15, 0.2) is 0 Å². The maximum absolute atomic E-state index is 12.8. The van der Waals surface area contributed by atoms with Crippen LogP contribution >= 0.6 is 0 Å². The highest BCUT2D eigenvalue weighted by atomic mass is 16.2. The normalized spacial score (nSPS) is 33.2. The first-order valence-electron chi connectivity index (χ1n) is 12.1. The number of hydrogen-bond donors (Lipinski definition) is 1. The molecule has 1 aliphatic heterocycles. The Balaban J connectivity index is 1.19. The summed E-state index contributed by atoms with van der Waals surface area (Å²) in [6.45, 7) is 5.27. The summed E-state index contributed by atoms with van der Waals surface area (Å²) in [7, 11) is 0. The fourth-order valence-corrected chi connectivity index (χ4v) is 7.34. The van der Waals surface area contributed by atoms with E-state index in [-0.39, 0.29) is 23.7 Å². The first-order chi connectivity index (χ1) is 14.4. The molecule has 5 aliphatic rings. The van der Waals surface area contributed by atoms with E-state index in [1.807, 2.05) is 18.7 Å². The van der Waals surface area contributed by atoms with Crippen molar-refractivity contribution in [3.8, 4) is 0 Å². The second-order valence-electron chi connectivity index (χ2n) is 11.0. The number of nitrogens with one attached hydrogen (secondary N) is 1. The van der Waals surface area contributed by atoms with Gasteiger partial charge in [0.2, 0.25) is 11.8 Å². The van der Waals surface area contributed by atoms with Crippen molar-refractivity contribution in [2.24, 2.45) is 29.6 Å². The molecule has 4 nitrogen and oxygen atoms in total. The number of rotatable bonds is 4. The third kappa shape index (κ3) is 3.67. The van der Waals surface area contributed by atoms with Gasteiger partial charge in [0.05, 0.1) is 0 Å². The molecule has 5 fully saturated rings. The molecule has 0 atom stereocenters. The maximum Gasteiger partial charge on any atom is 0.227 e. The fourth-order valence-electron chi connectivity index (χ4n) is 7.34. The van der Waals surface area contributed by atoms with Gasteiger partial charge in [0, 0.05) is 30.6 Å². The Morgan fingerprint density at radius 3 is 1.97 bits per heavy atom. The lowest BCUT2D eigenvalue weighted by Gasteiger charge is -2.57. The maximum atomic E-state index is 12.8. The Labute approximate surface area is 180 Å². The summed E-state index contributed by atoms with van der Waals surface area (Å²) in [5.74, 6) is 3.19. The van der Waals surface area contributed by atoms with E-state index in [2.05, 4.69) is 29.6 Å². The van der Waals surface area contributed by atoms with Gasteiger partial charge in [-0.3, -0.25) is 9.59 Å². The van der Waals surface area contributed by atoms with E-state index in [1.165, 1.54) is 44.1 Å². The van der Waals surface area contributed by atoms with Crippen molar-refractivity contribution in [3.63, 3.8) is 0 Å². The van der Waals surface area contributed by atoms with E-state index < -0.39 is 0 Å². The lowest BCUT2D eigenvalue weighted by molar-refractivity contribution is -0.137. The number of piperidine rings is 1. The predicted molar refractivity (Wildman–Crippen MR) is 119 cm³/mol. The molecule has 4 saturated carbocycles. The third-order valence-corrected chi connectivity index (χ3v) is 8.47. The number of anilines is 1. The first-order valence-corrected chi connectivity index (χ1v) is 12.1. The molecule has 4 bridgehead atoms. The van der Waals surface area contributed by atoms with Crippen LogP contribution in [-0.2, 0) is 15.0 Å². The molecule has 2 amide bonds. The smallest absolute Gasteiger partial charge is 0.227 e. The Bertz CT molecular complexity index is 770. The van der Waals surface area contributed by atoms with Gasteiger partial charge >= 0.3 is 0 Å². The van der Waals surface area contributed by atoms with Gasteiger partial charge in [-0.25, -0.2) is 0 Å². The molecule has 4 aliphatic carbocycles. The third-order valence-electron chi connectivity index (χ3n) is 8.47. The van der Waals surface area contributed by atoms with Gasteiger partial charge < -0.3 is 10.2 Å². The number of amides is 2. The van der Waals surface area contributed by atoms with Crippen LogP contribution in [0, 0.1) is 29.6 Å². The minimum Gasteiger partial charge on any atom is -0.342 e. The summed E-state index contributed by atoms with van der Waals surface area (Å²) in [5, 5.41) is 3.14. The van der Waals surface area contributed by atoms with Crippen LogP contribution in [-0.4, -0.2) is 29.8 Å². The van der Waals surface area contributed by atoms with Gasteiger partial charge in [0.1, 0.15) is 0 Å². The van der Waals surface area contributed by atoms with Crippen LogP contribution < -0.4 is 5.32 Å². The van der Waals surface area contributed by atoms with Crippen LogP contribution in [0.5, 0.6) is 0 Å². The average molecular weight is 409 g/mol. The molecule has 4 heteroatoms. The number of likely N-dealkylation sites (tertiary alicyclic amines) is 1. The molecule has 0 spiro atoms. The van der Waals surface area contributed by atoms with E-state index in [0.29, 0.717) is 18.5 Å². The van der Waals surface area contributed by atoms with Gasteiger partial charge in [0.25, 0.3) is 0 Å². The largest absolute Gasteiger partial charge is 0.342 e. The van der Waals surface area contributed by atoms with E-state index >= 15 is 0 Å². The van der Waals surface area contributed by atoms with Gasteiger partial charge in [-0.1, -0.05) is 26.0 Å². The van der Waals surface area contributed by atoms with E-state index in [4.69, 9.17) is 0 Å². The number of carbonyl (C=O) groups is 2. The Morgan fingerprint density at radius 1 is 0.933 bits per heavy atom. The standard InChI is InChI=1S/C26H36N2O2/c1-17(2)25(30)28-9-7-21(8-10-28)24(29)27-23-5-3-22(4-6-23)26-14-18-11-19(15-26)13-20(12-18)16-26/h3-6,17-21H,7-16H2,1-2H3,(H,27,29). The molecule has 0 radical (unpaired) electrons. The lowest BCUT2D eigenvalue weighted by Crippen LogP contribution is -2.48. The van der Waals surface area contributed by atoms with E-state index in [9.17, 15) is 9.59 Å². The van der Waals surface area contributed by atoms with E-state index in [0.717, 1.165) is 36.3 Å². The van der Waals surface area contributed by atoms with Crippen molar-refractivity contribution in [1.29, 1.82) is 0 Å². The molecule has 1 aromatic rings. The zero-order valence-corrected chi connectivity index (χ0v) is 18.5. The molecule has 1 aromatic carbocycles. The molecule has 1 saturated heterocycles. The Kier molecular flexibility index (Phi) is 5.15. The summed E-state index contributed by atoms with van der Waals surface area (Å²) in [4.78, 5) is 26.8. The van der Waals surface area contributed by atoms with Crippen LogP contribution in [0.25, 0.3) is 0 Å². The van der Waals surface area contributed by atoms with Crippen LogP contribution in [0.3, 0.4) is 0 Å². The lowest BCUT2D eigenvalue weighted by atomic mass is 9.48. The van der Waals surface area contributed by atoms with Crippen molar-refractivity contribution in [2.75, 3.05) is 18.4 Å². The van der Waals surface area contributed by atoms with Crippen LogP contribution in [0.2, 0.25) is 0 Å². The summed E-state index contributed by atoms with van der Waals surface area (Å²) in [6, 6.07) is 8.80. The SMILES string of the molecule is CC(C)C(=O)N1CCC(C(=O)Nc2ccc(C34CC5CC(CC(C5)C3)C4)cc2)CC1. The van der Waals surface area contributed by atoms with Crippen molar-refractivity contribution in [2.45, 2.75) is 70.6 Å². The van der Waals surface area contributed by atoms with Gasteiger partial charge in [-0.15, -0.1) is 0 Å². The van der Waals surface area contributed by atoms with Gasteiger partial charge in [-0.2, -0.15) is 0 Å². The number of benzene rings is 1. The van der Waals surface area contributed by atoms with Crippen molar-refractivity contribution in [3.05, 3.63) is 29.8 Å². The predicted octanol–water partition coefficient (Wildman–Crippen LogP) is 4.99. The monoisotopic (exact) mass is 408 g/mol. The fraction of sp³-hybridized carbons (Fsp3) is 0.692. The van der Waals surface area contributed by atoms with Crippen LogP contribution in [0.15, 0.2) is 24.3 Å². The second-order valence-corrected chi connectivity index (χ2v) is 11.0. The van der Waals surface area contributed by atoms with Gasteiger partial charge in [-0.05, 0) is 92.2 Å². The Morgan fingerprint density at radius 2 is 1.47 bits per heavy atom. The summed E-state index contributed by atoms with van der Waals surface area (Å²) in [5.41, 5.74) is 2.82. The molecule has 1 heterocycles. The molecule has 162 valence electrons. The highest BCUT2D eigenvalue weighted by Gasteiger charge is 2.51. The zero-order valence-electron chi connectivity index (χ0n) is 18.5. The molecular weight excluding hydrogens is 372 g/mol. The van der Waals surface area contributed by atoms with Crippen molar-refractivity contribution < 1.29 is 9.59 Å². The number of hydrogen-bond acceptors (Lipinski definition) is 2.